The zero-order valence-corrected chi connectivity index (χ0v) is 14.7. The number of fused-ring (bicyclic) bond motifs is 2. The SMILES string of the molecule is O=C(c1ccc2ccoc2c1)N1CCC(n2c(=O)[nH]c3ccccc32)CC1. The lowest BCUT2D eigenvalue weighted by Crippen LogP contribution is -2.40. The zero-order valence-electron chi connectivity index (χ0n) is 14.7. The Kier molecular flexibility index (Phi) is 3.63. The maximum Gasteiger partial charge on any atom is 0.326 e. The molecule has 0 bridgehead atoms. The second kappa shape index (κ2) is 6.16. The molecule has 0 spiro atoms. The van der Waals surface area contributed by atoms with Crippen LogP contribution in [0.1, 0.15) is 29.2 Å². The normalized spacial score (nSPS) is 15.6. The molecule has 1 aliphatic rings. The fourth-order valence-electron chi connectivity index (χ4n) is 4.03. The van der Waals surface area contributed by atoms with Crippen molar-refractivity contribution in [3.63, 3.8) is 0 Å². The Morgan fingerprint density at radius 3 is 2.74 bits per heavy atom. The minimum Gasteiger partial charge on any atom is -0.464 e. The molecule has 5 rings (SSSR count). The fourth-order valence-corrected chi connectivity index (χ4v) is 4.03. The summed E-state index contributed by atoms with van der Waals surface area (Å²) in [6.07, 6.45) is 3.15. The lowest BCUT2D eigenvalue weighted by molar-refractivity contribution is 0.0695. The van der Waals surface area contributed by atoms with Crippen LogP contribution in [0.4, 0.5) is 0 Å². The average molecular weight is 361 g/mol. The molecule has 136 valence electrons. The molecular weight excluding hydrogens is 342 g/mol. The predicted octanol–water partition coefficient (Wildman–Crippen LogP) is 3.55. The van der Waals surface area contributed by atoms with Crippen molar-refractivity contribution < 1.29 is 9.21 Å². The number of carbonyl (C=O) groups is 1. The zero-order chi connectivity index (χ0) is 18.4. The number of amides is 1. The van der Waals surface area contributed by atoms with E-state index in [1.165, 1.54) is 0 Å². The predicted molar refractivity (Wildman–Crippen MR) is 103 cm³/mol. The van der Waals surface area contributed by atoms with Gasteiger partial charge in [-0.3, -0.25) is 9.36 Å². The van der Waals surface area contributed by atoms with Crippen molar-refractivity contribution in [2.75, 3.05) is 13.1 Å². The third-order valence-electron chi connectivity index (χ3n) is 5.44. The first-order valence-corrected chi connectivity index (χ1v) is 9.16. The molecule has 1 N–H and O–H groups in total. The Hall–Kier alpha value is -3.28. The monoisotopic (exact) mass is 361 g/mol. The minimum absolute atomic E-state index is 0.0121. The molecule has 0 atom stereocenters. The summed E-state index contributed by atoms with van der Waals surface area (Å²) < 4.78 is 7.24. The highest BCUT2D eigenvalue weighted by molar-refractivity contribution is 5.97. The first-order chi connectivity index (χ1) is 13.2. The van der Waals surface area contributed by atoms with Crippen molar-refractivity contribution in [3.8, 4) is 0 Å². The number of imidazole rings is 1. The molecule has 2 aromatic heterocycles. The Morgan fingerprint density at radius 1 is 1.07 bits per heavy atom. The summed E-state index contributed by atoms with van der Waals surface area (Å²) in [6.45, 7) is 1.26. The van der Waals surface area contributed by atoms with Crippen molar-refractivity contribution >= 4 is 27.9 Å². The summed E-state index contributed by atoms with van der Waals surface area (Å²) >= 11 is 0. The van der Waals surface area contributed by atoms with Gasteiger partial charge in [0.25, 0.3) is 5.91 Å². The van der Waals surface area contributed by atoms with Crippen LogP contribution in [-0.4, -0.2) is 33.4 Å². The van der Waals surface area contributed by atoms with Gasteiger partial charge in [-0.15, -0.1) is 0 Å². The molecule has 1 fully saturated rings. The van der Waals surface area contributed by atoms with Gasteiger partial charge >= 0.3 is 5.69 Å². The van der Waals surface area contributed by atoms with Gasteiger partial charge in [-0.2, -0.15) is 0 Å². The standard InChI is InChI=1S/C21H19N3O3/c25-20(15-6-5-14-9-12-27-19(14)13-15)23-10-7-16(8-11-23)24-18-4-2-1-3-17(18)22-21(24)26/h1-6,9,12-13,16H,7-8,10-11H2,(H,22,26). The van der Waals surface area contributed by atoms with Gasteiger partial charge in [0.05, 0.1) is 17.3 Å². The van der Waals surface area contributed by atoms with Crippen LogP contribution < -0.4 is 5.69 Å². The number of furan rings is 1. The van der Waals surface area contributed by atoms with Crippen molar-refractivity contribution in [1.29, 1.82) is 0 Å². The van der Waals surface area contributed by atoms with Crippen LogP contribution in [0.5, 0.6) is 0 Å². The summed E-state index contributed by atoms with van der Waals surface area (Å²) in [4.78, 5) is 30.0. The average Bonchev–Trinajstić information content (AvgIpc) is 3.30. The molecule has 1 aliphatic heterocycles. The number of hydrogen-bond donors (Lipinski definition) is 1. The van der Waals surface area contributed by atoms with E-state index < -0.39 is 0 Å². The lowest BCUT2D eigenvalue weighted by Gasteiger charge is -2.32. The van der Waals surface area contributed by atoms with Crippen molar-refractivity contribution in [1.82, 2.24) is 14.5 Å². The van der Waals surface area contributed by atoms with Crippen LogP contribution in [-0.2, 0) is 0 Å². The number of aromatic nitrogens is 2. The number of piperidine rings is 1. The van der Waals surface area contributed by atoms with Gasteiger partial charge in [0.1, 0.15) is 5.58 Å². The van der Waals surface area contributed by atoms with Crippen LogP contribution in [0.25, 0.3) is 22.0 Å². The van der Waals surface area contributed by atoms with Gasteiger partial charge in [-0.1, -0.05) is 18.2 Å². The highest BCUT2D eigenvalue weighted by Gasteiger charge is 2.26. The number of nitrogens with one attached hydrogen (secondary N) is 1. The van der Waals surface area contributed by atoms with E-state index in [-0.39, 0.29) is 17.6 Å². The minimum atomic E-state index is -0.0794. The van der Waals surface area contributed by atoms with E-state index in [4.69, 9.17) is 4.42 Å². The number of hydrogen-bond acceptors (Lipinski definition) is 3. The number of carbonyl (C=O) groups excluding carboxylic acids is 1. The quantitative estimate of drug-likeness (QED) is 0.593. The topological polar surface area (TPSA) is 71.2 Å². The van der Waals surface area contributed by atoms with Crippen LogP contribution >= 0.6 is 0 Å². The van der Waals surface area contributed by atoms with Gasteiger partial charge in [0, 0.05) is 30.1 Å². The maximum atomic E-state index is 12.8. The van der Waals surface area contributed by atoms with Crippen LogP contribution in [0.2, 0.25) is 0 Å². The number of aromatic amines is 1. The maximum absolute atomic E-state index is 12.8. The molecule has 1 amide bonds. The van der Waals surface area contributed by atoms with E-state index >= 15 is 0 Å². The number of rotatable bonds is 2. The molecule has 4 aromatic rings. The number of likely N-dealkylation sites (tertiary alicyclic amines) is 1. The third-order valence-corrected chi connectivity index (χ3v) is 5.44. The number of para-hydroxylation sites is 2. The highest BCUT2D eigenvalue weighted by atomic mass is 16.3. The summed E-state index contributed by atoms with van der Waals surface area (Å²) in [5.74, 6) is 0.0121. The molecule has 0 aliphatic carbocycles. The summed E-state index contributed by atoms with van der Waals surface area (Å²) in [7, 11) is 0. The molecule has 0 unspecified atom stereocenters. The van der Waals surface area contributed by atoms with E-state index in [1.54, 1.807) is 12.3 Å². The van der Waals surface area contributed by atoms with E-state index in [0.29, 0.717) is 18.7 Å². The van der Waals surface area contributed by atoms with Crippen LogP contribution in [0, 0.1) is 0 Å². The van der Waals surface area contributed by atoms with Gasteiger partial charge in [-0.25, -0.2) is 4.79 Å². The van der Waals surface area contributed by atoms with Crippen LogP contribution in [0.3, 0.4) is 0 Å². The first kappa shape index (κ1) is 15.9. The smallest absolute Gasteiger partial charge is 0.326 e. The van der Waals surface area contributed by atoms with Crippen molar-refractivity contribution in [2.24, 2.45) is 0 Å². The molecule has 3 heterocycles. The molecular formula is C21H19N3O3. The van der Waals surface area contributed by atoms with E-state index in [2.05, 4.69) is 4.98 Å². The molecule has 27 heavy (non-hydrogen) atoms. The molecule has 2 aromatic carbocycles. The number of benzene rings is 2. The second-order valence-corrected chi connectivity index (χ2v) is 7.01. The largest absolute Gasteiger partial charge is 0.464 e. The summed E-state index contributed by atoms with van der Waals surface area (Å²) in [6, 6.07) is 15.3. The molecule has 6 nitrogen and oxygen atoms in total. The second-order valence-electron chi connectivity index (χ2n) is 7.01. The lowest BCUT2D eigenvalue weighted by atomic mass is 10.0. The number of nitrogens with zero attached hydrogens (tertiary/aromatic N) is 2. The Morgan fingerprint density at radius 2 is 1.89 bits per heavy atom. The van der Waals surface area contributed by atoms with Gasteiger partial charge < -0.3 is 14.3 Å². The van der Waals surface area contributed by atoms with Crippen molar-refractivity contribution in [2.45, 2.75) is 18.9 Å². The van der Waals surface area contributed by atoms with E-state index in [1.807, 2.05) is 51.9 Å². The van der Waals surface area contributed by atoms with Crippen LogP contribution in [0.15, 0.2) is 64.0 Å². The van der Waals surface area contributed by atoms with Gasteiger partial charge in [-0.05, 0) is 43.2 Å². The van der Waals surface area contributed by atoms with Crippen molar-refractivity contribution in [3.05, 3.63) is 70.8 Å². The summed E-state index contributed by atoms with van der Waals surface area (Å²) in [5.41, 5.74) is 3.06. The third kappa shape index (κ3) is 2.65. The van der Waals surface area contributed by atoms with Gasteiger partial charge in [0.2, 0.25) is 0 Å². The summed E-state index contributed by atoms with van der Waals surface area (Å²) in [5, 5.41) is 0.990. The Bertz CT molecular complexity index is 1190. The Labute approximate surface area is 155 Å². The highest BCUT2D eigenvalue weighted by Crippen LogP contribution is 2.26. The Balaban J connectivity index is 1.35. The van der Waals surface area contributed by atoms with E-state index in [0.717, 1.165) is 34.8 Å². The number of H-pyrrole nitrogens is 1. The molecule has 0 saturated carbocycles. The first-order valence-electron chi connectivity index (χ1n) is 9.16. The molecule has 1 saturated heterocycles. The molecule has 0 radical (unpaired) electrons. The molecule has 6 heteroatoms. The van der Waals surface area contributed by atoms with E-state index in [9.17, 15) is 9.59 Å². The fraction of sp³-hybridized carbons (Fsp3) is 0.238. The van der Waals surface area contributed by atoms with Gasteiger partial charge in [0.15, 0.2) is 0 Å².